The molecule has 4 heteroatoms. The summed E-state index contributed by atoms with van der Waals surface area (Å²) in [6.07, 6.45) is 6.71. The normalized spacial score (nSPS) is 23.6. The molecule has 2 aliphatic rings. The van der Waals surface area contributed by atoms with Crippen LogP contribution in [0.2, 0.25) is 0 Å². The van der Waals surface area contributed by atoms with Crippen molar-refractivity contribution in [2.24, 2.45) is 5.92 Å². The summed E-state index contributed by atoms with van der Waals surface area (Å²) in [6, 6.07) is 4.04. The number of hydrogen-bond acceptors (Lipinski definition) is 3. The molecule has 0 unspecified atom stereocenters. The third-order valence-electron chi connectivity index (χ3n) is 4.36. The number of rotatable bonds is 4. The number of carbonyl (C=O) groups excluding carboxylic acids is 1. The van der Waals surface area contributed by atoms with Gasteiger partial charge in [0.25, 0.3) is 5.91 Å². The molecule has 0 radical (unpaired) electrons. The van der Waals surface area contributed by atoms with Crippen LogP contribution in [0.3, 0.4) is 0 Å². The lowest BCUT2D eigenvalue weighted by Crippen LogP contribution is -2.31. The maximum Gasteiger partial charge on any atom is 0.269 e. The number of carbonyl (C=O) groups is 1. The molecule has 1 N–H and O–H groups in total. The maximum absolute atomic E-state index is 12.1. The average molecular weight is 273 g/mol. The van der Waals surface area contributed by atoms with E-state index >= 15 is 0 Å². The molecule has 1 saturated carbocycles. The molecule has 1 amide bonds. The molecular weight excluding hydrogens is 250 g/mol. The highest BCUT2D eigenvalue weighted by molar-refractivity contribution is 5.92. The molecule has 0 spiro atoms. The number of nitrogens with zero attached hydrogens (tertiary/aromatic N) is 2. The van der Waals surface area contributed by atoms with E-state index in [1.807, 2.05) is 6.07 Å². The van der Waals surface area contributed by atoms with Crippen molar-refractivity contribution in [2.45, 2.75) is 31.6 Å². The molecule has 0 aromatic carbocycles. The first-order chi connectivity index (χ1) is 9.72. The van der Waals surface area contributed by atoms with E-state index in [0.717, 1.165) is 13.1 Å². The summed E-state index contributed by atoms with van der Waals surface area (Å²) in [5.74, 6) is 1.21. The van der Waals surface area contributed by atoms with Gasteiger partial charge in [-0.05, 0) is 68.8 Å². The van der Waals surface area contributed by atoms with E-state index in [-0.39, 0.29) is 5.91 Å². The number of likely N-dealkylation sites (tertiary alicyclic amines) is 1. The maximum atomic E-state index is 12.1. The monoisotopic (exact) mass is 273 g/mol. The van der Waals surface area contributed by atoms with Crippen LogP contribution >= 0.6 is 0 Å². The second kappa shape index (κ2) is 5.92. The average Bonchev–Trinajstić information content (AvgIpc) is 3.29. The van der Waals surface area contributed by atoms with Crippen LogP contribution in [0.4, 0.5) is 0 Å². The molecule has 4 nitrogen and oxygen atoms in total. The fourth-order valence-corrected chi connectivity index (χ4v) is 2.91. The van der Waals surface area contributed by atoms with Crippen LogP contribution in [-0.2, 0) is 0 Å². The first-order valence-electron chi connectivity index (χ1n) is 7.65. The van der Waals surface area contributed by atoms with Gasteiger partial charge in [-0.3, -0.25) is 9.78 Å². The van der Waals surface area contributed by atoms with Gasteiger partial charge in [0.1, 0.15) is 5.69 Å². The van der Waals surface area contributed by atoms with Crippen molar-refractivity contribution >= 4 is 5.91 Å². The number of pyridine rings is 1. The number of hydrogen-bond donors (Lipinski definition) is 1. The Morgan fingerprint density at radius 3 is 3.05 bits per heavy atom. The van der Waals surface area contributed by atoms with Crippen molar-refractivity contribution in [3.05, 3.63) is 29.6 Å². The summed E-state index contributed by atoms with van der Waals surface area (Å²) in [7, 11) is 2.16. The Kier molecular flexibility index (Phi) is 4.01. The molecule has 2 heterocycles. The summed E-state index contributed by atoms with van der Waals surface area (Å²) in [5.41, 5.74) is 1.82. The summed E-state index contributed by atoms with van der Waals surface area (Å²) < 4.78 is 0. The summed E-state index contributed by atoms with van der Waals surface area (Å²) >= 11 is 0. The first-order valence-corrected chi connectivity index (χ1v) is 7.65. The number of likely N-dealkylation sites (N-methyl/N-ethyl adjacent to an activating group) is 1. The van der Waals surface area contributed by atoms with Crippen LogP contribution < -0.4 is 5.32 Å². The molecule has 1 aliphatic heterocycles. The zero-order valence-electron chi connectivity index (χ0n) is 12.1. The van der Waals surface area contributed by atoms with Crippen LogP contribution in [0.1, 0.15) is 47.7 Å². The third kappa shape index (κ3) is 3.37. The number of piperidine rings is 1. The Morgan fingerprint density at radius 2 is 2.30 bits per heavy atom. The van der Waals surface area contributed by atoms with E-state index in [9.17, 15) is 4.79 Å². The van der Waals surface area contributed by atoms with Gasteiger partial charge in [-0.15, -0.1) is 0 Å². The van der Waals surface area contributed by atoms with Gasteiger partial charge >= 0.3 is 0 Å². The lowest BCUT2D eigenvalue weighted by atomic mass is 9.91. The van der Waals surface area contributed by atoms with Gasteiger partial charge in [0.05, 0.1) is 0 Å². The van der Waals surface area contributed by atoms with Crippen LogP contribution in [0.5, 0.6) is 0 Å². The zero-order valence-corrected chi connectivity index (χ0v) is 12.1. The Morgan fingerprint density at radius 1 is 1.45 bits per heavy atom. The fourth-order valence-electron chi connectivity index (χ4n) is 2.91. The standard InChI is InChI=1S/C16H23N3O/c1-19-8-2-3-14(11-19)13-6-7-17-15(9-13)16(20)18-10-12-4-5-12/h6-7,9,12,14H,2-5,8,10-11H2,1H3,(H,18,20)/t14-/m0/s1. The van der Waals surface area contributed by atoms with Gasteiger partial charge < -0.3 is 10.2 Å². The molecular formula is C16H23N3O. The van der Waals surface area contributed by atoms with Crippen molar-refractivity contribution in [3.63, 3.8) is 0 Å². The van der Waals surface area contributed by atoms with E-state index in [0.29, 0.717) is 17.5 Å². The molecule has 1 aliphatic carbocycles. The SMILES string of the molecule is CN1CCC[C@H](c2ccnc(C(=O)NCC3CC3)c2)C1. The zero-order chi connectivity index (χ0) is 13.9. The second-order valence-corrected chi connectivity index (χ2v) is 6.23. The summed E-state index contributed by atoms with van der Waals surface area (Å²) in [4.78, 5) is 18.7. The smallest absolute Gasteiger partial charge is 0.269 e. The largest absolute Gasteiger partial charge is 0.350 e. The van der Waals surface area contributed by atoms with Gasteiger partial charge in [0.15, 0.2) is 0 Å². The van der Waals surface area contributed by atoms with Gasteiger partial charge in [-0.25, -0.2) is 0 Å². The van der Waals surface area contributed by atoms with Gasteiger partial charge in [-0.2, -0.15) is 0 Å². The molecule has 1 aromatic heterocycles. The topological polar surface area (TPSA) is 45.2 Å². The van der Waals surface area contributed by atoms with E-state index in [4.69, 9.17) is 0 Å². The van der Waals surface area contributed by atoms with Crippen molar-refractivity contribution in [1.29, 1.82) is 0 Å². The number of nitrogens with one attached hydrogen (secondary N) is 1. The van der Waals surface area contributed by atoms with E-state index in [2.05, 4.69) is 28.3 Å². The van der Waals surface area contributed by atoms with Gasteiger partial charge in [0, 0.05) is 19.3 Å². The molecule has 108 valence electrons. The van der Waals surface area contributed by atoms with Crippen LogP contribution in [0.15, 0.2) is 18.3 Å². The Balaban J connectivity index is 1.66. The van der Waals surface area contributed by atoms with Crippen molar-refractivity contribution in [1.82, 2.24) is 15.2 Å². The fraction of sp³-hybridized carbons (Fsp3) is 0.625. The quantitative estimate of drug-likeness (QED) is 0.913. The van der Waals surface area contributed by atoms with Crippen molar-refractivity contribution < 1.29 is 4.79 Å². The first kappa shape index (κ1) is 13.6. The van der Waals surface area contributed by atoms with Crippen molar-refractivity contribution in [2.75, 3.05) is 26.7 Å². The predicted molar refractivity (Wildman–Crippen MR) is 78.8 cm³/mol. The summed E-state index contributed by atoms with van der Waals surface area (Å²) in [5, 5.41) is 2.99. The second-order valence-electron chi connectivity index (χ2n) is 6.23. The van der Waals surface area contributed by atoms with Crippen molar-refractivity contribution in [3.8, 4) is 0 Å². The van der Waals surface area contributed by atoms with E-state index < -0.39 is 0 Å². The highest BCUT2D eigenvalue weighted by Crippen LogP contribution is 2.28. The lowest BCUT2D eigenvalue weighted by molar-refractivity contribution is 0.0946. The molecule has 1 atom stereocenters. The molecule has 1 aromatic rings. The Labute approximate surface area is 120 Å². The van der Waals surface area contributed by atoms with Gasteiger partial charge in [0.2, 0.25) is 0 Å². The van der Waals surface area contributed by atoms with Crippen LogP contribution in [-0.4, -0.2) is 42.5 Å². The molecule has 0 bridgehead atoms. The minimum absolute atomic E-state index is 0.0251. The minimum atomic E-state index is -0.0251. The third-order valence-corrected chi connectivity index (χ3v) is 4.36. The number of aromatic nitrogens is 1. The lowest BCUT2D eigenvalue weighted by Gasteiger charge is -2.30. The Bertz CT molecular complexity index is 484. The number of amides is 1. The summed E-state index contributed by atoms with van der Waals surface area (Å²) in [6.45, 7) is 3.06. The molecule has 2 fully saturated rings. The highest BCUT2D eigenvalue weighted by atomic mass is 16.1. The molecule has 1 saturated heterocycles. The molecule has 20 heavy (non-hydrogen) atoms. The molecule has 3 rings (SSSR count). The van der Waals surface area contributed by atoms with Crippen LogP contribution in [0, 0.1) is 5.92 Å². The van der Waals surface area contributed by atoms with Gasteiger partial charge in [-0.1, -0.05) is 0 Å². The van der Waals surface area contributed by atoms with Crippen LogP contribution in [0.25, 0.3) is 0 Å². The predicted octanol–water partition coefficient (Wildman–Crippen LogP) is 2.03. The minimum Gasteiger partial charge on any atom is -0.350 e. The van der Waals surface area contributed by atoms with E-state index in [1.54, 1.807) is 6.20 Å². The highest BCUT2D eigenvalue weighted by Gasteiger charge is 2.23. The van der Waals surface area contributed by atoms with E-state index in [1.165, 1.54) is 37.8 Å². The Hall–Kier alpha value is -1.42.